The third kappa shape index (κ3) is 2.78. The molecule has 0 saturated heterocycles. The lowest BCUT2D eigenvalue weighted by Gasteiger charge is -2.08. The normalized spacial score (nSPS) is 10.8. The van der Waals surface area contributed by atoms with Crippen molar-refractivity contribution in [3.8, 4) is 0 Å². The van der Waals surface area contributed by atoms with Crippen molar-refractivity contribution in [3.63, 3.8) is 0 Å². The number of nitrogens with zero attached hydrogens (tertiary/aromatic N) is 2. The third-order valence-corrected chi connectivity index (χ3v) is 3.82. The molecule has 0 unspecified atom stereocenters. The van der Waals surface area contributed by atoms with Gasteiger partial charge in [0.15, 0.2) is 11.6 Å². The van der Waals surface area contributed by atoms with Gasteiger partial charge >= 0.3 is 0 Å². The summed E-state index contributed by atoms with van der Waals surface area (Å²) < 4.78 is 29.2. The molecule has 2 rings (SSSR count). The van der Waals surface area contributed by atoms with Crippen LogP contribution in [0.15, 0.2) is 22.7 Å². The molecule has 3 nitrogen and oxygen atoms in total. The Kier molecular flexibility index (Phi) is 4.19. The molecule has 1 heterocycles. The lowest BCUT2D eigenvalue weighted by Crippen LogP contribution is -2.07. The Balaban J connectivity index is 2.19. The van der Waals surface area contributed by atoms with Crippen LogP contribution < -0.4 is 5.32 Å². The molecule has 0 aliphatic rings. The second kappa shape index (κ2) is 5.69. The average Bonchev–Trinajstić information content (AvgIpc) is 2.66. The molecule has 0 spiro atoms. The predicted octanol–water partition coefficient (Wildman–Crippen LogP) is 3.64. The number of anilines is 1. The molecule has 0 aliphatic carbocycles. The van der Waals surface area contributed by atoms with Gasteiger partial charge in [0.25, 0.3) is 0 Å². The smallest absolute Gasteiger partial charge is 0.181 e. The SMILES string of the molecule is CCc1nn(C)c(CNc2cccc(F)c2F)c1Br. The van der Waals surface area contributed by atoms with E-state index < -0.39 is 11.6 Å². The Morgan fingerprint density at radius 1 is 1.37 bits per heavy atom. The van der Waals surface area contributed by atoms with Crippen molar-refractivity contribution in [2.75, 3.05) is 5.32 Å². The molecule has 102 valence electrons. The highest BCUT2D eigenvalue weighted by Crippen LogP contribution is 2.23. The molecule has 0 radical (unpaired) electrons. The molecular weight excluding hydrogens is 316 g/mol. The zero-order chi connectivity index (χ0) is 14.0. The van der Waals surface area contributed by atoms with Gasteiger partial charge in [-0.15, -0.1) is 0 Å². The summed E-state index contributed by atoms with van der Waals surface area (Å²) in [6.07, 6.45) is 0.808. The van der Waals surface area contributed by atoms with Crippen LogP contribution >= 0.6 is 15.9 Å². The molecule has 0 fully saturated rings. The van der Waals surface area contributed by atoms with Crippen LogP contribution in [0.2, 0.25) is 0 Å². The molecule has 1 N–H and O–H groups in total. The summed E-state index contributed by atoms with van der Waals surface area (Å²) in [6.45, 7) is 2.38. The largest absolute Gasteiger partial charge is 0.377 e. The van der Waals surface area contributed by atoms with E-state index in [0.717, 1.165) is 28.3 Å². The zero-order valence-corrected chi connectivity index (χ0v) is 12.3. The minimum absolute atomic E-state index is 0.145. The molecular formula is C13H14BrF2N3. The minimum atomic E-state index is -0.864. The van der Waals surface area contributed by atoms with E-state index in [1.54, 1.807) is 4.68 Å². The van der Waals surface area contributed by atoms with E-state index >= 15 is 0 Å². The zero-order valence-electron chi connectivity index (χ0n) is 10.7. The lowest BCUT2D eigenvalue weighted by atomic mass is 10.2. The van der Waals surface area contributed by atoms with Crippen molar-refractivity contribution in [2.45, 2.75) is 19.9 Å². The van der Waals surface area contributed by atoms with Gasteiger partial charge < -0.3 is 5.32 Å². The third-order valence-electron chi connectivity index (χ3n) is 2.90. The predicted molar refractivity (Wildman–Crippen MR) is 74.0 cm³/mol. The highest BCUT2D eigenvalue weighted by atomic mass is 79.9. The maximum absolute atomic E-state index is 13.5. The van der Waals surface area contributed by atoms with Crippen molar-refractivity contribution in [1.29, 1.82) is 0 Å². The van der Waals surface area contributed by atoms with E-state index in [-0.39, 0.29) is 5.69 Å². The van der Waals surface area contributed by atoms with E-state index in [1.807, 2.05) is 14.0 Å². The van der Waals surface area contributed by atoms with Gasteiger partial charge in [-0.25, -0.2) is 8.78 Å². The first-order valence-electron chi connectivity index (χ1n) is 5.92. The number of nitrogens with one attached hydrogen (secondary N) is 1. The van der Waals surface area contributed by atoms with Crippen LogP contribution in [0.25, 0.3) is 0 Å². The Bertz CT molecular complexity index is 596. The number of hydrogen-bond acceptors (Lipinski definition) is 2. The van der Waals surface area contributed by atoms with Gasteiger partial charge in [-0.1, -0.05) is 13.0 Å². The van der Waals surface area contributed by atoms with Gasteiger partial charge in [-0.3, -0.25) is 4.68 Å². The fourth-order valence-corrected chi connectivity index (χ4v) is 2.59. The van der Waals surface area contributed by atoms with E-state index in [9.17, 15) is 8.78 Å². The number of aryl methyl sites for hydroxylation is 2. The Morgan fingerprint density at radius 3 is 2.74 bits per heavy atom. The van der Waals surface area contributed by atoms with Crippen molar-refractivity contribution < 1.29 is 8.78 Å². The Hall–Kier alpha value is -1.43. The van der Waals surface area contributed by atoms with E-state index in [0.29, 0.717) is 6.54 Å². The fourth-order valence-electron chi connectivity index (χ4n) is 1.83. The number of aromatic nitrogens is 2. The van der Waals surface area contributed by atoms with Crippen LogP contribution in [-0.4, -0.2) is 9.78 Å². The molecule has 0 saturated carbocycles. The first-order chi connectivity index (χ1) is 9.04. The van der Waals surface area contributed by atoms with Crippen molar-refractivity contribution in [1.82, 2.24) is 9.78 Å². The van der Waals surface area contributed by atoms with Crippen molar-refractivity contribution in [3.05, 3.63) is 45.7 Å². The summed E-state index contributed by atoms with van der Waals surface area (Å²) in [5.74, 6) is -1.72. The van der Waals surface area contributed by atoms with E-state index in [4.69, 9.17) is 0 Å². The summed E-state index contributed by atoms with van der Waals surface area (Å²) in [7, 11) is 1.82. The second-order valence-electron chi connectivity index (χ2n) is 4.14. The van der Waals surface area contributed by atoms with Gasteiger partial charge in [-0.2, -0.15) is 5.10 Å². The van der Waals surface area contributed by atoms with E-state index in [2.05, 4.69) is 26.3 Å². The fraction of sp³-hybridized carbons (Fsp3) is 0.308. The topological polar surface area (TPSA) is 29.9 Å². The summed E-state index contributed by atoms with van der Waals surface area (Å²) in [5.41, 5.74) is 1.98. The molecule has 6 heteroatoms. The molecule has 0 atom stereocenters. The van der Waals surface area contributed by atoms with Gasteiger partial charge in [0.2, 0.25) is 0 Å². The number of rotatable bonds is 4. The van der Waals surface area contributed by atoms with Crippen molar-refractivity contribution >= 4 is 21.6 Å². The van der Waals surface area contributed by atoms with Gasteiger partial charge in [-0.05, 0) is 34.5 Å². The molecule has 1 aromatic heterocycles. The molecule has 0 bridgehead atoms. The summed E-state index contributed by atoms with van der Waals surface area (Å²) >= 11 is 3.48. The van der Waals surface area contributed by atoms with Crippen LogP contribution in [0.1, 0.15) is 18.3 Å². The lowest BCUT2D eigenvalue weighted by molar-refractivity contribution is 0.510. The van der Waals surface area contributed by atoms with Crippen molar-refractivity contribution in [2.24, 2.45) is 7.05 Å². The summed E-state index contributed by atoms with van der Waals surface area (Å²) in [6, 6.07) is 4.07. The molecule has 0 amide bonds. The quantitative estimate of drug-likeness (QED) is 0.928. The highest BCUT2D eigenvalue weighted by molar-refractivity contribution is 9.10. The maximum atomic E-state index is 13.5. The Labute approximate surface area is 118 Å². The molecule has 1 aromatic carbocycles. The van der Waals surface area contributed by atoms with Crippen LogP contribution in [0.3, 0.4) is 0 Å². The maximum Gasteiger partial charge on any atom is 0.181 e. The van der Waals surface area contributed by atoms with Gasteiger partial charge in [0, 0.05) is 7.05 Å². The standard InChI is InChI=1S/C13H14BrF2N3/c1-3-9-12(14)11(19(2)18-9)7-17-10-6-4-5-8(15)13(10)16/h4-6,17H,3,7H2,1-2H3. The molecule has 19 heavy (non-hydrogen) atoms. The second-order valence-corrected chi connectivity index (χ2v) is 4.93. The summed E-state index contributed by atoms with van der Waals surface area (Å²) in [4.78, 5) is 0. The van der Waals surface area contributed by atoms with Crippen LogP contribution in [0, 0.1) is 11.6 Å². The van der Waals surface area contributed by atoms with Gasteiger partial charge in [0.1, 0.15) is 0 Å². The van der Waals surface area contributed by atoms with Crippen LogP contribution in [-0.2, 0) is 20.0 Å². The average molecular weight is 330 g/mol. The summed E-state index contributed by atoms with van der Waals surface area (Å²) in [5, 5.41) is 7.23. The molecule has 2 aromatic rings. The number of benzene rings is 1. The number of halogens is 3. The van der Waals surface area contributed by atoms with Gasteiger partial charge in [0.05, 0.1) is 28.1 Å². The monoisotopic (exact) mass is 329 g/mol. The first-order valence-corrected chi connectivity index (χ1v) is 6.72. The Morgan fingerprint density at radius 2 is 2.11 bits per heavy atom. The first kappa shape index (κ1) is 14.0. The number of hydrogen-bond donors (Lipinski definition) is 1. The van der Waals surface area contributed by atoms with E-state index in [1.165, 1.54) is 12.1 Å². The highest BCUT2D eigenvalue weighted by Gasteiger charge is 2.13. The van der Waals surface area contributed by atoms with Crippen LogP contribution in [0.5, 0.6) is 0 Å². The molecule has 0 aliphatic heterocycles. The minimum Gasteiger partial charge on any atom is -0.377 e. The van der Waals surface area contributed by atoms with Crippen LogP contribution in [0.4, 0.5) is 14.5 Å².